The quantitative estimate of drug-likeness (QED) is 0.114. The van der Waals surface area contributed by atoms with Gasteiger partial charge in [-0.3, -0.25) is 9.88 Å². The molecule has 0 radical (unpaired) electrons. The third-order valence-corrected chi connectivity index (χ3v) is 22.7. The maximum atomic E-state index is 6.74. The van der Waals surface area contributed by atoms with Crippen molar-refractivity contribution in [1.29, 1.82) is 0 Å². The van der Waals surface area contributed by atoms with Crippen LogP contribution >= 0.6 is 0 Å². The minimum Gasteiger partial charge on any atom is -0.456 e. The molecular weight excluding hydrogens is 811 g/mol. The van der Waals surface area contributed by atoms with Crippen LogP contribution in [0.25, 0.3) is 33.2 Å². The molecule has 0 atom stereocenters. The van der Waals surface area contributed by atoms with Gasteiger partial charge in [0.15, 0.2) is 16.1 Å². The summed E-state index contributed by atoms with van der Waals surface area (Å²) in [5, 5.41) is 12.6. The minimum absolute atomic E-state index is 0.855. The number of para-hydroxylation sites is 1. The van der Waals surface area contributed by atoms with Gasteiger partial charge >= 0.3 is 0 Å². The topological polar surface area (TPSA) is 42.2 Å². The van der Waals surface area contributed by atoms with Gasteiger partial charge < -0.3 is 4.42 Å². The van der Waals surface area contributed by atoms with Crippen LogP contribution in [0.5, 0.6) is 0 Å². The summed E-state index contributed by atoms with van der Waals surface area (Å²) < 4.78 is 6.74. The first kappa shape index (κ1) is 37.8. The van der Waals surface area contributed by atoms with Gasteiger partial charge in [0.2, 0.25) is 0 Å². The second kappa shape index (κ2) is 15.5. The second-order valence-electron chi connectivity index (χ2n) is 16.5. The van der Waals surface area contributed by atoms with Crippen molar-refractivity contribution in [2.75, 3.05) is 4.90 Å². The molecule has 0 amide bonds. The van der Waals surface area contributed by atoms with E-state index in [-0.39, 0.29) is 0 Å². The van der Waals surface area contributed by atoms with E-state index in [2.05, 4.69) is 235 Å². The number of fused-ring (bicyclic) bond motifs is 5. The first-order chi connectivity index (χ1) is 31.7. The minimum atomic E-state index is -3.03. The summed E-state index contributed by atoms with van der Waals surface area (Å²) in [5.41, 5.74) is 5.91. The van der Waals surface area contributed by atoms with Gasteiger partial charge in [0, 0.05) is 40.5 Å². The Balaban J connectivity index is 1.17. The zero-order valence-electron chi connectivity index (χ0n) is 34.9. The molecule has 11 aromatic rings. The lowest BCUT2D eigenvalue weighted by atomic mass is 10.1. The largest absolute Gasteiger partial charge is 0.456 e. The Hall–Kier alpha value is -7.91. The molecule has 0 spiro atoms. The normalized spacial score (nSPS) is 13.1. The molecule has 1 aliphatic heterocycles. The highest BCUT2D eigenvalue weighted by Gasteiger charge is 2.50. The van der Waals surface area contributed by atoms with Crippen LogP contribution in [-0.2, 0) is 0 Å². The lowest BCUT2D eigenvalue weighted by Crippen LogP contribution is -2.77. The van der Waals surface area contributed by atoms with Crippen LogP contribution in [0.4, 0.5) is 17.2 Å². The number of pyridine rings is 2. The van der Waals surface area contributed by atoms with Crippen molar-refractivity contribution in [2.45, 2.75) is 0 Å². The second-order valence-corrected chi connectivity index (χ2v) is 24.0. The number of furan rings is 1. The summed E-state index contributed by atoms with van der Waals surface area (Å²) in [6.07, 6.45) is 3.82. The summed E-state index contributed by atoms with van der Waals surface area (Å²) in [7, 11) is -6.05. The average molecular weight is 852 g/mol. The SMILES string of the molecule is c1ccc([Si](c2ccccc2)(c2cccc(-c3ccccn3)c2)c2cccc(N3c4cc5oc6ccccc6c5cc4[Si](c4ccccc4)(c4ccccc4)c4cccnc43)c2)cc1. The van der Waals surface area contributed by atoms with E-state index in [9.17, 15) is 0 Å². The van der Waals surface area contributed by atoms with Crippen LogP contribution in [-0.4, -0.2) is 26.1 Å². The fourth-order valence-electron chi connectivity index (χ4n) is 10.5. The van der Waals surface area contributed by atoms with Gasteiger partial charge in [0.1, 0.15) is 17.0 Å². The molecule has 0 N–H and O–H groups in total. The maximum Gasteiger partial charge on any atom is 0.186 e. The number of rotatable bonds is 8. The first-order valence-corrected chi connectivity index (χ1v) is 25.8. The molecule has 302 valence electrons. The van der Waals surface area contributed by atoms with Crippen molar-refractivity contribution < 1.29 is 4.42 Å². The Labute approximate surface area is 374 Å². The van der Waals surface area contributed by atoms with E-state index in [1.165, 1.54) is 41.5 Å². The van der Waals surface area contributed by atoms with Crippen LogP contribution in [0.15, 0.2) is 253 Å². The molecule has 8 aromatic carbocycles. The zero-order valence-corrected chi connectivity index (χ0v) is 36.9. The fraction of sp³-hybridized carbons (Fsp3) is 0. The molecule has 0 unspecified atom stereocenters. The van der Waals surface area contributed by atoms with Gasteiger partial charge in [-0.2, -0.15) is 0 Å². The van der Waals surface area contributed by atoms with Crippen molar-refractivity contribution in [3.8, 4) is 11.3 Å². The van der Waals surface area contributed by atoms with Crippen molar-refractivity contribution in [1.82, 2.24) is 9.97 Å². The van der Waals surface area contributed by atoms with E-state index in [1.54, 1.807) is 0 Å². The van der Waals surface area contributed by atoms with Gasteiger partial charge in [-0.15, -0.1) is 0 Å². The Kier molecular flexibility index (Phi) is 9.14. The zero-order chi connectivity index (χ0) is 42.5. The monoisotopic (exact) mass is 851 g/mol. The van der Waals surface area contributed by atoms with Crippen LogP contribution in [0.2, 0.25) is 0 Å². The van der Waals surface area contributed by atoms with Crippen LogP contribution in [0.3, 0.4) is 0 Å². The van der Waals surface area contributed by atoms with Crippen molar-refractivity contribution in [3.63, 3.8) is 0 Å². The average Bonchev–Trinajstić information content (AvgIpc) is 3.74. The summed E-state index contributed by atoms with van der Waals surface area (Å²) >= 11 is 0. The predicted molar refractivity (Wildman–Crippen MR) is 270 cm³/mol. The third-order valence-electron chi connectivity index (χ3n) is 13.2. The van der Waals surface area contributed by atoms with E-state index in [0.29, 0.717) is 0 Å². The van der Waals surface area contributed by atoms with Crippen LogP contribution in [0.1, 0.15) is 0 Å². The molecule has 1 aliphatic rings. The lowest BCUT2D eigenvalue weighted by Gasteiger charge is -2.44. The number of hydrogen-bond donors (Lipinski definition) is 0. The molecule has 0 saturated carbocycles. The predicted octanol–water partition coefficient (Wildman–Crippen LogP) is 8.58. The molecule has 64 heavy (non-hydrogen) atoms. The van der Waals surface area contributed by atoms with E-state index < -0.39 is 16.1 Å². The molecule has 0 bridgehead atoms. The van der Waals surface area contributed by atoms with Crippen LogP contribution in [0, 0.1) is 0 Å². The Morgan fingerprint density at radius 1 is 0.406 bits per heavy atom. The molecular formula is C58H41N3OSi2. The summed E-state index contributed by atoms with van der Waals surface area (Å²) in [4.78, 5) is 12.6. The van der Waals surface area contributed by atoms with Crippen molar-refractivity contribution >= 4 is 96.8 Å². The van der Waals surface area contributed by atoms with E-state index in [0.717, 1.165) is 50.4 Å². The molecule has 12 rings (SSSR count). The highest BCUT2D eigenvalue weighted by atomic mass is 28.3. The van der Waals surface area contributed by atoms with E-state index in [4.69, 9.17) is 14.4 Å². The standard InChI is InChI=1S/C58H41N3OSi2/c1-5-22-44(23-6-1)63(45-24-7-2-8-25-45,48-30-17-20-42(38-48)52-33-15-16-36-59-52)49-31-18-21-43(39-49)61-53-41-55-51(50-32-13-14-34-54(50)62-55)40-57(53)64(46-26-9-3-10-27-46,47-28-11-4-12-29-47)56-35-19-37-60-58(56)61/h1-41H. The number of anilines is 3. The molecule has 4 heterocycles. The lowest BCUT2D eigenvalue weighted by molar-refractivity contribution is 0.669. The van der Waals surface area contributed by atoms with Gasteiger partial charge in [0.05, 0.1) is 11.4 Å². The Morgan fingerprint density at radius 2 is 1.00 bits per heavy atom. The Bertz CT molecular complexity index is 3370. The van der Waals surface area contributed by atoms with Gasteiger partial charge in [0.25, 0.3) is 0 Å². The Morgan fingerprint density at radius 3 is 1.69 bits per heavy atom. The molecule has 0 aliphatic carbocycles. The van der Waals surface area contributed by atoms with Gasteiger partial charge in [-0.05, 0) is 84.0 Å². The summed E-state index contributed by atoms with van der Waals surface area (Å²) in [6, 6.07) is 86.7. The van der Waals surface area contributed by atoms with E-state index in [1.807, 2.05) is 18.5 Å². The van der Waals surface area contributed by atoms with Crippen molar-refractivity contribution in [3.05, 3.63) is 249 Å². The maximum absolute atomic E-state index is 6.74. The highest BCUT2D eigenvalue weighted by molar-refractivity contribution is 7.21. The van der Waals surface area contributed by atoms with Crippen LogP contribution < -0.4 is 46.4 Å². The number of nitrogens with zero attached hydrogens (tertiary/aromatic N) is 3. The molecule has 0 saturated heterocycles. The number of benzene rings is 8. The molecule has 3 aromatic heterocycles. The molecule has 0 fully saturated rings. The van der Waals surface area contributed by atoms with E-state index >= 15 is 0 Å². The summed E-state index contributed by atoms with van der Waals surface area (Å²) in [5.74, 6) is 0.936. The summed E-state index contributed by atoms with van der Waals surface area (Å²) in [6.45, 7) is 0. The third kappa shape index (κ3) is 5.80. The highest BCUT2D eigenvalue weighted by Crippen LogP contribution is 2.40. The fourth-order valence-corrected chi connectivity index (χ4v) is 20.4. The number of aromatic nitrogens is 2. The van der Waals surface area contributed by atoms with Gasteiger partial charge in [-0.1, -0.05) is 188 Å². The first-order valence-electron chi connectivity index (χ1n) is 21.8. The molecule has 6 heteroatoms. The van der Waals surface area contributed by atoms with Gasteiger partial charge in [-0.25, -0.2) is 4.98 Å². The number of hydrogen-bond acceptors (Lipinski definition) is 4. The molecule has 4 nitrogen and oxygen atoms in total. The smallest absolute Gasteiger partial charge is 0.186 e. The van der Waals surface area contributed by atoms with Crippen molar-refractivity contribution in [2.24, 2.45) is 0 Å².